The molecule has 70 heavy (non-hydrogen) atoms. The summed E-state index contributed by atoms with van der Waals surface area (Å²) in [6.45, 7) is 5.86. The van der Waals surface area contributed by atoms with Gasteiger partial charge in [0.1, 0.15) is 26.4 Å². The van der Waals surface area contributed by atoms with Gasteiger partial charge in [-0.15, -0.1) is 4.57 Å². The molecule has 0 spiro atoms. The number of nitrogens with zero attached hydrogens (tertiary/aromatic N) is 7. The van der Waals surface area contributed by atoms with Crippen LogP contribution in [0.2, 0.25) is 0 Å². The number of rotatable bonds is 18. The lowest BCUT2D eigenvalue weighted by Crippen LogP contribution is -2.47. The second kappa shape index (κ2) is 22.0. The molecule has 7 aromatic rings. The molecule has 16 heteroatoms. The molecule has 0 saturated carbocycles. The van der Waals surface area contributed by atoms with Crippen molar-refractivity contribution in [1.29, 1.82) is 0 Å². The van der Waals surface area contributed by atoms with E-state index in [0.29, 0.717) is 35.6 Å². The van der Waals surface area contributed by atoms with Crippen molar-refractivity contribution in [2.75, 3.05) is 54.5 Å². The Morgan fingerprint density at radius 2 is 1.39 bits per heavy atom. The first-order valence-electron chi connectivity index (χ1n) is 23.2. The summed E-state index contributed by atoms with van der Waals surface area (Å²) in [7, 11) is -3.28. The summed E-state index contributed by atoms with van der Waals surface area (Å²) in [6, 6.07) is 44.7. The molecule has 1 aliphatic rings. The molecule has 1 atom stereocenters. The van der Waals surface area contributed by atoms with Gasteiger partial charge in [-0.2, -0.15) is 10.2 Å². The molecule has 6 aromatic carbocycles. The first-order valence-corrected chi connectivity index (χ1v) is 24.7. The quantitative estimate of drug-likeness (QED) is 0.0287. The Morgan fingerprint density at radius 3 is 2.13 bits per heavy atom. The van der Waals surface area contributed by atoms with Gasteiger partial charge in [0.25, 0.3) is 0 Å². The largest absolute Gasteiger partial charge is 0.747 e. The van der Waals surface area contributed by atoms with Gasteiger partial charge in [-0.05, 0) is 92.6 Å². The van der Waals surface area contributed by atoms with Crippen molar-refractivity contribution in [2.24, 2.45) is 10.2 Å². The standard InChI is InChI=1S/C54H53N9O6S/c1-4-61(5-2)45-28-30-47-50(35-45)63(44-17-7-6-8-18-44)49-34-42(25-29-46(49)57-47)59-58-41-23-26-43(27-24-41)60(3)33-13-20-52(64)56-36-51(70(67,68)69)54(66)55-32-31-53(65)62-37-40-16-10-9-14-38(40)21-22-39-15-11-12-19-48(39)62/h6-12,14-19,23-30,34-35,51H,4-5,13,20,31-33,36-37H2,1-3H3,(H2-,55,56,64,66,67,68,69). The average Bonchev–Trinajstić information content (AvgIpc) is 3.36. The van der Waals surface area contributed by atoms with E-state index in [4.69, 9.17) is 4.98 Å². The van der Waals surface area contributed by atoms with Gasteiger partial charge >= 0.3 is 0 Å². The fourth-order valence-corrected chi connectivity index (χ4v) is 9.03. The molecular weight excluding hydrogens is 903 g/mol. The Balaban J connectivity index is 0.832. The van der Waals surface area contributed by atoms with Gasteiger partial charge < -0.3 is 29.9 Å². The maximum absolute atomic E-state index is 13.5. The Labute approximate surface area is 407 Å². The highest BCUT2D eigenvalue weighted by Crippen LogP contribution is 2.29. The molecule has 1 aliphatic heterocycles. The topological polar surface area (TPSA) is 184 Å². The summed E-state index contributed by atoms with van der Waals surface area (Å²) in [5.41, 5.74) is 10.8. The molecule has 0 aliphatic carbocycles. The molecule has 8 rings (SSSR count). The molecule has 1 unspecified atom stereocenters. The lowest BCUT2D eigenvalue weighted by Gasteiger charge is -2.26. The summed E-state index contributed by atoms with van der Waals surface area (Å²) in [5.74, 6) is 4.34. The number of carbonyl (C=O) groups excluding carboxylic acids is 3. The first kappa shape index (κ1) is 48.5. The summed E-state index contributed by atoms with van der Waals surface area (Å²) < 4.78 is 38.7. The van der Waals surface area contributed by atoms with Crippen molar-refractivity contribution >= 4 is 78.3 Å². The molecule has 2 N–H and O–H groups in total. The highest BCUT2D eigenvalue weighted by atomic mass is 32.2. The van der Waals surface area contributed by atoms with Gasteiger partial charge in [-0.25, -0.2) is 13.4 Å². The predicted octanol–water partition coefficient (Wildman–Crippen LogP) is 7.63. The normalized spacial score (nSPS) is 12.5. The van der Waals surface area contributed by atoms with Crippen LogP contribution in [0.3, 0.4) is 0 Å². The maximum Gasteiger partial charge on any atom is 0.239 e. The van der Waals surface area contributed by atoms with Gasteiger partial charge in [0.2, 0.25) is 34.4 Å². The summed E-state index contributed by atoms with van der Waals surface area (Å²) in [6.07, 6.45) is 0.236. The Kier molecular flexibility index (Phi) is 15.2. The van der Waals surface area contributed by atoms with Crippen LogP contribution >= 0.6 is 0 Å². The van der Waals surface area contributed by atoms with E-state index < -0.39 is 33.7 Å². The van der Waals surface area contributed by atoms with E-state index in [-0.39, 0.29) is 31.8 Å². The number of hydrogen-bond acceptors (Lipinski definition) is 11. The molecule has 1 aromatic heterocycles. The Hall–Kier alpha value is -8.00. The van der Waals surface area contributed by atoms with E-state index in [1.807, 2.05) is 109 Å². The van der Waals surface area contributed by atoms with E-state index in [0.717, 1.165) is 63.3 Å². The van der Waals surface area contributed by atoms with E-state index in [2.05, 4.69) is 86.3 Å². The number of nitrogens with one attached hydrogen (secondary N) is 2. The van der Waals surface area contributed by atoms with E-state index in [1.165, 1.54) is 0 Å². The molecule has 2 heterocycles. The third-order valence-corrected chi connectivity index (χ3v) is 13.3. The number of amides is 3. The minimum absolute atomic E-state index is 0.0155. The van der Waals surface area contributed by atoms with Crippen molar-refractivity contribution in [2.45, 2.75) is 44.9 Å². The van der Waals surface area contributed by atoms with Crippen molar-refractivity contribution in [3.8, 4) is 17.5 Å². The summed E-state index contributed by atoms with van der Waals surface area (Å²) in [4.78, 5) is 50.2. The van der Waals surface area contributed by atoms with Crippen molar-refractivity contribution < 1.29 is 31.9 Å². The van der Waals surface area contributed by atoms with Crippen molar-refractivity contribution in [3.63, 3.8) is 0 Å². The third-order valence-electron chi connectivity index (χ3n) is 12.2. The third kappa shape index (κ3) is 11.5. The molecule has 0 radical (unpaired) electrons. The van der Waals surface area contributed by atoms with Gasteiger partial charge in [0, 0.05) is 99.4 Å². The fraction of sp³-hybridized carbons (Fsp3) is 0.241. The summed E-state index contributed by atoms with van der Waals surface area (Å²) >= 11 is 0. The highest BCUT2D eigenvalue weighted by Gasteiger charge is 2.27. The van der Waals surface area contributed by atoms with Crippen LogP contribution in [0.25, 0.3) is 27.8 Å². The average molecular weight is 956 g/mol. The Bertz CT molecular complexity index is 3260. The van der Waals surface area contributed by atoms with Crippen molar-refractivity contribution in [3.05, 3.63) is 156 Å². The van der Waals surface area contributed by atoms with Gasteiger partial charge in [-0.3, -0.25) is 14.4 Å². The predicted molar refractivity (Wildman–Crippen MR) is 272 cm³/mol. The minimum Gasteiger partial charge on any atom is -0.747 e. The number of anilines is 3. The molecule has 356 valence electrons. The van der Waals surface area contributed by atoms with E-state index in [1.54, 1.807) is 17.0 Å². The monoisotopic (exact) mass is 955 g/mol. The van der Waals surface area contributed by atoms with Crippen LogP contribution in [0.4, 0.5) is 28.4 Å². The van der Waals surface area contributed by atoms with Crippen LogP contribution in [0.5, 0.6) is 0 Å². The molecule has 0 saturated heterocycles. The minimum atomic E-state index is -5.16. The number of benzene rings is 6. The molecule has 0 fully saturated rings. The fourth-order valence-electron chi connectivity index (χ4n) is 8.40. The number of azo groups is 1. The number of carbonyl (C=O) groups is 3. The van der Waals surface area contributed by atoms with Crippen LogP contribution in [0.15, 0.2) is 150 Å². The number of aromatic nitrogens is 2. The summed E-state index contributed by atoms with van der Waals surface area (Å²) in [5, 5.41) is 11.9. The van der Waals surface area contributed by atoms with Crippen LogP contribution in [-0.2, 0) is 31.0 Å². The molecule has 0 bridgehead atoms. The molecular formula is C54H53N9O6S. The van der Waals surface area contributed by atoms with Crippen molar-refractivity contribution in [1.82, 2.24) is 15.6 Å². The van der Waals surface area contributed by atoms with E-state index >= 15 is 0 Å². The van der Waals surface area contributed by atoms with Crippen LogP contribution in [0.1, 0.15) is 49.8 Å². The number of para-hydroxylation sites is 2. The van der Waals surface area contributed by atoms with Crippen LogP contribution in [0, 0.1) is 11.8 Å². The zero-order valence-corrected chi connectivity index (χ0v) is 40.0. The molecule has 15 nitrogen and oxygen atoms in total. The zero-order chi connectivity index (χ0) is 49.2. The lowest BCUT2D eigenvalue weighted by molar-refractivity contribution is -0.538. The molecule has 3 amide bonds. The van der Waals surface area contributed by atoms with E-state index in [9.17, 15) is 27.4 Å². The van der Waals surface area contributed by atoms with Gasteiger partial charge in [0.05, 0.1) is 23.6 Å². The lowest BCUT2D eigenvalue weighted by atomic mass is 10.0. The SMILES string of the molecule is CCN(CC)c1ccc2nc3ccc(N=Nc4ccc(N(C)CCCC(=O)NCC(C(=O)NCCC(=O)N5Cc6ccccc6C#Cc6ccccc65)S(=O)(=O)[O-])cc4)cc3[n+](-c3ccccc3)c2c1. The second-order valence-corrected chi connectivity index (χ2v) is 18.3. The first-order chi connectivity index (χ1) is 33.9. The van der Waals surface area contributed by atoms with Crippen LogP contribution < -0.4 is 29.9 Å². The Morgan fingerprint density at radius 1 is 0.757 bits per heavy atom. The maximum atomic E-state index is 13.5. The van der Waals surface area contributed by atoms with Crippen LogP contribution in [-0.4, -0.2) is 80.7 Å². The zero-order valence-electron chi connectivity index (χ0n) is 39.2. The number of hydrogen-bond donors (Lipinski definition) is 2. The number of fused-ring (bicyclic) bond motifs is 4. The highest BCUT2D eigenvalue weighted by molar-refractivity contribution is 7.87. The van der Waals surface area contributed by atoms with Gasteiger partial charge in [-0.1, -0.05) is 60.4 Å². The van der Waals surface area contributed by atoms with Gasteiger partial charge in [0.15, 0.2) is 0 Å². The smallest absolute Gasteiger partial charge is 0.239 e. The second-order valence-electron chi connectivity index (χ2n) is 16.8.